The Morgan fingerprint density at radius 2 is 1.74 bits per heavy atom. The van der Waals surface area contributed by atoms with Gasteiger partial charge in [0.1, 0.15) is 12.6 Å². The highest BCUT2D eigenvalue weighted by Gasteiger charge is 2.30. The van der Waals surface area contributed by atoms with E-state index in [0.29, 0.717) is 12.1 Å². The molecule has 0 saturated heterocycles. The Labute approximate surface area is 211 Å². The van der Waals surface area contributed by atoms with Crippen LogP contribution in [0.2, 0.25) is 0 Å². The van der Waals surface area contributed by atoms with Crippen molar-refractivity contribution in [3.05, 3.63) is 64.1 Å². The summed E-state index contributed by atoms with van der Waals surface area (Å²) >= 11 is 3.42. The van der Waals surface area contributed by atoms with Crippen LogP contribution in [0.25, 0.3) is 0 Å². The number of nitrogens with one attached hydrogen (secondary N) is 1. The molecule has 0 aliphatic carbocycles. The molecule has 0 aliphatic rings. The van der Waals surface area contributed by atoms with Gasteiger partial charge in [-0.3, -0.25) is 13.9 Å². The number of carbonyl (C=O) groups is 2. The molecular weight excluding hydrogens is 518 g/mol. The van der Waals surface area contributed by atoms with Crippen molar-refractivity contribution in [1.29, 1.82) is 0 Å². The summed E-state index contributed by atoms with van der Waals surface area (Å²) in [7, 11) is -3.74. The fourth-order valence-electron chi connectivity index (χ4n) is 3.43. The molecule has 0 aromatic heterocycles. The number of anilines is 1. The molecule has 2 amide bonds. The molecule has 2 aromatic rings. The molecule has 0 radical (unpaired) electrons. The molecule has 0 saturated carbocycles. The molecule has 0 spiro atoms. The molecule has 34 heavy (non-hydrogen) atoms. The molecule has 9 heteroatoms. The van der Waals surface area contributed by atoms with E-state index in [4.69, 9.17) is 0 Å². The zero-order valence-corrected chi connectivity index (χ0v) is 22.8. The summed E-state index contributed by atoms with van der Waals surface area (Å²) < 4.78 is 27.2. The molecule has 0 fully saturated rings. The van der Waals surface area contributed by atoms with E-state index in [9.17, 15) is 18.0 Å². The van der Waals surface area contributed by atoms with Crippen LogP contribution in [0.1, 0.15) is 38.3 Å². The second kappa shape index (κ2) is 12.4. The lowest BCUT2D eigenvalue weighted by Crippen LogP contribution is -2.53. The standard InChI is InChI=1S/C25H34BrN3O4S/c1-6-19(3)27-25(31)20(4)28(15-14-21-10-8-7-9-11-21)24(30)17-29(34(5,32)33)22-12-13-23(26)18(2)16-22/h7-13,16,19-20H,6,14-15,17H2,1-5H3,(H,27,31). The Hall–Kier alpha value is -2.39. The minimum Gasteiger partial charge on any atom is -0.352 e. The van der Waals surface area contributed by atoms with E-state index in [1.807, 2.05) is 51.1 Å². The first-order valence-electron chi connectivity index (χ1n) is 11.3. The second-order valence-corrected chi connectivity index (χ2v) is 11.3. The highest BCUT2D eigenvalue weighted by atomic mass is 79.9. The molecule has 0 aliphatic heterocycles. The van der Waals surface area contributed by atoms with E-state index in [-0.39, 0.29) is 18.5 Å². The average Bonchev–Trinajstić information content (AvgIpc) is 2.79. The van der Waals surface area contributed by atoms with Crippen LogP contribution in [0.15, 0.2) is 53.0 Å². The van der Waals surface area contributed by atoms with Gasteiger partial charge in [0, 0.05) is 17.1 Å². The third kappa shape index (κ3) is 7.84. The fraction of sp³-hybridized carbons (Fsp3) is 0.440. The smallest absolute Gasteiger partial charge is 0.244 e. The number of carbonyl (C=O) groups excluding carboxylic acids is 2. The van der Waals surface area contributed by atoms with Gasteiger partial charge in [-0.25, -0.2) is 8.42 Å². The topological polar surface area (TPSA) is 86.8 Å². The number of hydrogen-bond donors (Lipinski definition) is 1. The van der Waals surface area contributed by atoms with Crippen LogP contribution < -0.4 is 9.62 Å². The number of benzene rings is 2. The normalized spacial score (nSPS) is 13.1. The van der Waals surface area contributed by atoms with E-state index >= 15 is 0 Å². The summed E-state index contributed by atoms with van der Waals surface area (Å²) in [6, 6.07) is 14.0. The van der Waals surface area contributed by atoms with Gasteiger partial charge in [0.2, 0.25) is 21.8 Å². The quantitative estimate of drug-likeness (QED) is 0.458. The van der Waals surface area contributed by atoms with Gasteiger partial charge in [0.15, 0.2) is 0 Å². The van der Waals surface area contributed by atoms with Gasteiger partial charge in [-0.15, -0.1) is 0 Å². The first-order chi connectivity index (χ1) is 15.9. The molecule has 2 unspecified atom stereocenters. The Morgan fingerprint density at radius 1 is 1.09 bits per heavy atom. The Balaban J connectivity index is 2.33. The van der Waals surface area contributed by atoms with Gasteiger partial charge in [0.05, 0.1) is 11.9 Å². The van der Waals surface area contributed by atoms with Crippen LogP contribution in [0, 0.1) is 6.92 Å². The number of sulfonamides is 1. The summed E-state index contributed by atoms with van der Waals surface area (Å²) in [4.78, 5) is 27.8. The molecule has 0 bridgehead atoms. The van der Waals surface area contributed by atoms with E-state index in [1.54, 1.807) is 25.1 Å². The lowest BCUT2D eigenvalue weighted by atomic mass is 10.1. The van der Waals surface area contributed by atoms with Crippen molar-refractivity contribution in [3.8, 4) is 0 Å². The minimum absolute atomic E-state index is 0.0284. The zero-order chi connectivity index (χ0) is 25.5. The third-order valence-corrected chi connectivity index (χ3v) is 7.79. The number of aryl methyl sites for hydroxylation is 1. The summed E-state index contributed by atoms with van der Waals surface area (Å²) in [5, 5.41) is 2.92. The van der Waals surface area contributed by atoms with E-state index < -0.39 is 28.5 Å². The Kier molecular flexibility index (Phi) is 10.1. The Morgan fingerprint density at radius 3 is 2.29 bits per heavy atom. The van der Waals surface area contributed by atoms with E-state index in [2.05, 4.69) is 21.2 Å². The molecule has 1 N–H and O–H groups in total. The van der Waals surface area contributed by atoms with Crippen molar-refractivity contribution in [2.45, 2.75) is 52.6 Å². The highest BCUT2D eigenvalue weighted by Crippen LogP contribution is 2.25. The molecule has 0 heterocycles. The van der Waals surface area contributed by atoms with Gasteiger partial charge in [-0.1, -0.05) is 53.2 Å². The van der Waals surface area contributed by atoms with Crippen LogP contribution in [-0.4, -0.2) is 56.6 Å². The number of nitrogens with zero attached hydrogens (tertiary/aromatic N) is 2. The third-order valence-electron chi connectivity index (χ3n) is 5.76. The van der Waals surface area contributed by atoms with Gasteiger partial charge in [-0.05, 0) is 62.9 Å². The van der Waals surface area contributed by atoms with Crippen LogP contribution in [0.3, 0.4) is 0 Å². The summed E-state index contributed by atoms with van der Waals surface area (Å²) in [5.74, 6) is -0.699. The SMILES string of the molecule is CCC(C)NC(=O)C(C)N(CCc1ccccc1)C(=O)CN(c1ccc(Br)c(C)c1)S(C)(=O)=O. The zero-order valence-electron chi connectivity index (χ0n) is 20.4. The average molecular weight is 553 g/mol. The minimum atomic E-state index is -3.74. The van der Waals surface area contributed by atoms with Gasteiger partial charge in [-0.2, -0.15) is 0 Å². The maximum Gasteiger partial charge on any atom is 0.244 e. The number of amides is 2. The lowest BCUT2D eigenvalue weighted by molar-refractivity contribution is -0.139. The largest absolute Gasteiger partial charge is 0.352 e. The predicted octanol–water partition coefficient (Wildman–Crippen LogP) is 3.90. The van der Waals surface area contributed by atoms with Gasteiger partial charge < -0.3 is 10.2 Å². The van der Waals surface area contributed by atoms with Crippen molar-refractivity contribution >= 4 is 43.5 Å². The van der Waals surface area contributed by atoms with Crippen molar-refractivity contribution in [2.24, 2.45) is 0 Å². The van der Waals surface area contributed by atoms with Gasteiger partial charge >= 0.3 is 0 Å². The predicted molar refractivity (Wildman–Crippen MR) is 140 cm³/mol. The monoisotopic (exact) mass is 551 g/mol. The summed E-state index contributed by atoms with van der Waals surface area (Å²) in [6.45, 7) is 7.29. The van der Waals surface area contributed by atoms with Gasteiger partial charge in [0.25, 0.3) is 0 Å². The molecule has 2 atom stereocenters. The van der Waals surface area contributed by atoms with E-state index in [1.165, 1.54) is 4.90 Å². The van der Waals surface area contributed by atoms with Crippen molar-refractivity contribution in [2.75, 3.05) is 23.7 Å². The maximum atomic E-state index is 13.5. The van der Waals surface area contributed by atoms with Crippen LogP contribution in [0.5, 0.6) is 0 Å². The molecule has 2 aromatic carbocycles. The highest BCUT2D eigenvalue weighted by molar-refractivity contribution is 9.10. The van der Waals surface area contributed by atoms with E-state index in [0.717, 1.165) is 32.6 Å². The summed E-state index contributed by atoms with van der Waals surface area (Å²) in [5.41, 5.74) is 2.27. The molecule has 7 nitrogen and oxygen atoms in total. The first kappa shape index (κ1) is 27.9. The van der Waals surface area contributed by atoms with Crippen LogP contribution >= 0.6 is 15.9 Å². The molecular formula is C25H34BrN3O4S. The number of hydrogen-bond acceptors (Lipinski definition) is 4. The number of rotatable bonds is 11. The second-order valence-electron chi connectivity index (χ2n) is 8.52. The maximum absolute atomic E-state index is 13.5. The first-order valence-corrected chi connectivity index (χ1v) is 14.0. The summed E-state index contributed by atoms with van der Waals surface area (Å²) in [6.07, 6.45) is 2.38. The molecule has 186 valence electrons. The van der Waals surface area contributed by atoms with Crippen molar-refractivity contribution < 1.29 is 18.0 Å². The lowest BCUT2D eigenvalue weighted by Gasteiger charge is -2.32. The Bertz CT molecular complexity index is 1090. The number of halogens is 1. The van der Waals surface area contributed by atoms with Crippen molar-refractivity contribution in [3.63, 3.8) is 0 Å². The van der Waals surface area contributed by atoms with Crippen molar-refractivity contribution in [1.82, 2.24) is 10.2 Å². The van der Waals surface area contributed by atoms with Crippen LogP contribution in [0.4, 0.5) is 5.69 Å². The van der Waals surface area contributed by atoms with Crippen LogP contribution in [-0.2, 0) is 26.0 Å². The molecule has 2 rings (SSSR count). The fourth-order valence-corrected chi connectivity index (χ4v) is 4.52.